The highest BCUT2D eigenvalue weighted by atomic mass is 14.1. The van der Waals surface area contributed by atoms with Crippen molar-refractivity contribution in [3.05, 3.63) is 37.0 Å². The molecule has 0 aromatic carbocycles. The van der Waals surface area contributed by atoms with Gasteiger partial charge in [-0.25, -0.2) is 0 Å². The Bertz CT molecular complexity index is 247. The van der Waals surface area contributed by atoms with E-state index >= 15 is 0 Å². The third-order valence-corrected chi connectivity index (χ3v) is 3.49. The van der Waals surface area contributed by atoms with E-state index in [1.165, 1.54) is 38.5 Å². The largest absolute Gasteiger partial charge is 0.103 e. The van der Waals surface area contributed by atoms with Crippen molar-refractivity contribution in [2.24, 2.45) is 11.8 Å². The summed E-state index contributed by atoms with van der Waals surface area (Å²) in [7, 11) is 0. The van der Waals surface area contributed by atoms with Gasteiger partial charge in [-0.05, 0) is 43.9 Å². The normalized spacial score (nSPS) is 15.2. The highest BCUT2D eigenvalue weighted by Crippen LogP contribution is 2.22. The lowest BCUT2D eigenvalue weighted by molar-refractivity contribution is 0.551. The molecule has 0 aliphatic rings. The summed E-state index contributed by atoms with van der Waals surface area (Å²) in [5.74, 6) is 1.36. The summed E-state index contributed by atoms with van der Waals surface area (Å²) in [6.45, 7) is 14.5. The molecule has 0 saturated heterocycles. The fraction of sp³-hybridized carbons (Fsp3) is 0.667. The van der Waals surface area contributed by atoms with E-state index in [0.29, 0.717) is 5.92 Å². The second-order valence-corrected chi connectivity index (χ2v) is 5.59. The Hall–Kier alpha value is -0.780. The molecule has 0 heterocycles. The minimum absolute atomic E-state index is 0.634. The molecule has 0 spiro atoms. The maximum absolute atomic E-state index is 3.87. The third-order valence-electron chi connectivity index (χ3n) is 3.49. The molecular weight excluding hydrogens is 216 g/mol. The van der Waals surface area contributed by atoms with E-state index in [1.54, 1.807) is 5.57 Å². The highest BCUT2D eigenvalue weighted by Gasteiger charge is 2.06. The molecule has 2 atom stereocenters. The van der Waals surface area contributed by atoms with Crippen molar-refractivity contribution in [2.45, 2.75) is 65.7 Å². The summed E-state index contributed by atoms with van der Waals surface area (Å²) in [4.78, 5) is 0. The van der Waals surface area contributed by atoms with Gasteiger partial charge in [0, 0.05) is 0 Å². The first kappa shape index (κ1) is 17.2. The van der Waals surface area contributed by atoms with E-state index in [2.05, 4.69) is 46.1 Å². The van der Waals surface area contributed by atoms with E-state index < -0.39 is 0 Å². The second-order valence-electron chi connectivity index (χ2n) is 5.59. The Balaban J connectivity index is 4.27. The lowest BCUT2D eigenvalue weighted by Crippen LogP contribution is -1.98. The summed E-state index contributed by atoms with van der Waals surface area (Å²) in [5, 5.41) is 0. The molecule has 0 aromatic heterocycles. The van der Waals surface area contributed by atoms with Crippen LogP contribution >= 0.6 is 0 Å². The molecule has 18 heavy (non-hydrogen) atoms. The van der Waals surface area contributed by atoms with Gasteiger partial charge >= 0.3 is 0 Å². The van der Waals surface area contributed by atoms with Crippen LogP contribution in [0.2, 0.25) is 0 Å². The van der Waals surface area contributed by atoms with Gasteiger partial charge in [-0.3, -0.25) is 0 Å². The average Bonchev–Trinajstić information content (AvgIpc) is 2.35. The van der Waals surface area contributed by atoms with Crippen LogP contribution in [0.25, 0.3) is 0 Å². The Morgan fingerprint density at radius 3 is 2.50 bits per heavy atom. The molecule has 0 aromatic rings. The van der Waals surface area contributed by atoms with Gasteiger partial charge in [0.05, 0.1) is 0 Å². The summed E-state index contributed by atoms with van der Waals surface area (Å²) >= 11 is 0. The summed E-state index contributed by atoms with van der Waals surface area (Å²) in [5.41, 5.74) is 1.64. The molecule has 0 N–H and O–H groups in total. The van der Waals surface area contributed by atoms with Crippen LogP contribution in [0.5, 0.6) is 0 Å². The van der Waals surface area contributed by atoms with Crippen LogP contribution < -0.4 is 0 Å². The highest BCUT2D eigenvalue weighted by molar-refractivity contribution is 5.04. The van der Waals surface area contributed by atoms with E-state index in [0.717, 1.165) is 12.3 Å². The molecule has 0 saturated carbocycles. The maximum Gasteiger partial charge on any atom is -0.0262 e. The molecule has 0 heteroatoms. The predicted octanol–water partition coefficient (Wildman–Crippen LogP) is 6.31. The molecule has 0 aliphatic carbocycles. The molecule has 0 fully saturated rings. The number of allylic oxidation sites excluding steroid dienone is 4. The van der Waals surface area contributed by atoms with Gasteiger partial charge in [0.25, 0.3) is 0 Å². The van der Waals surface area contributed by atoms with Gasteiger partial charge in [0.1, 0.15) is 0 Å². The Morgan fingerprint density at radius 1 is 1.22 bits per heavy atom. The van der Waals surface area contributed by atoms with E-state index in [1.807, 2.05) is 6.08 Å². The molecule has 0 radical (unpaired) electrons. The van der Waals surface area contributed by atoms with Crippen LogP contribution in [0.3, 0.4) is 0 Å². The lowest BCUT2D eigenvalue weighted by Gasteiger charge is -2.14. The van der Waals surface area contributed by atoms with Crippen molar-refractivity contribution in [1.29, 1.82) is 0 Å². The quantitative estimate of drug-likeness (QED) is 0.297. The average molecular weight is 248 g/mol. The number of rotatable bonds is 11. The molecular formula is C18H32. The second kappa shape index (κ2) is 11.3. The first-order valence-corrected chi connectivity index (χ1v) is 7.55. The van der Waals surface area contributed by atoms with Crippen molar-refractivity contribution in [2.75, 3.05) is 0 Å². The zero-order valence-electron chi connectivity index (χ0n) is 12.8. The first-order valence-electron chi connectivity index (χ1n) is 7.55. The van der Waals surface area contributed by atoms with Gasteiger partial charge in [-0.15, -0.1) is 13.2 Å². The first-order chi connectivity index (χ1) is 8.63. The van der Waals surface area contributed by atoms with Crippen LogP contribution in [0.1, 0.15) is 65.7 Å². The van der Waals surface area contributed by atoms with E-state index in [-0.39, 0.29) is 0 Å². The topological polar surface area (TPSA) is 0 Å². The van der Waals surface area contributed by atoms with Crippen LogP contribution in [-0.4, -0.2) is 0 Å². The maximum atomic E-state index is 3.87. The Labute approximate surface area is 115 Å². The zero-order valence-corrected chi connectivity index (χ0v) is 12.8. The molecule has 0 amide bonds. The molecule has 2 unspecified atom stereocenters. The van der Waals surface area contributed by atoms with Gasteiger partial charge in [0.2, 0.25) is 0 Å². The van der Waals surface area contributed by atoms with Gasteiger partial charge in [-0.1, -0.05) is 57.4 Å². The molecule has 0 bridgehead atoms. The van der Waals surface area contributed by atoms with Crippen molar-refractivity contribution in [1.82, 2.24) is 0 Å². The van der Waals surface area contributed by atoms with Crippen molar-refractivity contribution in [3.63, 3.8) is 0 Å². The van der Waals surface area contributed by atoms with Crippen molar-refractivity contribution >= 4 is 0 Å². The molecule has 104 valence electrons. The molecule has 0 aliphatic heterocycles. The van der Waals surface area contributed by atoms with Gasteiger partial charge < -0.3 is 0 Å². The van der Waals surface area contributed by atoms with E-state index in [9.17, 15) is 0 Å². The predicted molar refractivity (Wildman–Crippen MR) is 84.8 cm³/mol. The van der Waals surface area contributed by atoms with Crippen LogP contribution in [0.15, 0.2) is 37.0 Å². The van der Waals surface area contributed by atoms with Crippen molar-refractivity contribution < 1.29 is 0 Å². The Morgan fingerprint density at radius 2 is 1.94 bits per heavy atom. The Kier molecular flexibility index (Phi) is 10.8. The third kappa shape index (κ3) is 9.27. The zero-order chi connectivity index (χ0) is 13.8. The molecule has 0 rings (SSSR count). The van der Waals surface area contributed by atoms with Gasteiger partial charge in [0.15, 0.2) is 0 Å². The summed E-state index contributed by atoms with van der Waals surface area (Å²) in [6.07, 6.45) is 15.3. The monoisotopic (exact) mass is 248 g/mol. The fourth-order valence-corrected chi connectivity index (χ4v) is 2.14. The smallest absolute Gasteiger partial charge is 0.0262 e. The minimum atomic E-state index is 0.634. The number of hydrogen-bond donors (Lipinski definition) is 0. The van der Waals surface area contributed by atoms with Crippen LogP contribution in [-0.2, 0) is 0 Å². The summed E-state index contributed by atoms with van der Waals surface area (Å²) in [6, 6.07) is 0. The van der Waals surface area contributed by atoms with Crippen LogP contribution in [0.4, 0.5) is 0 Å². The molecule has 0 nitrogen and oxygen atoms in total. The number of hydrogen-bond acceptors (Lipinski definition) is 0. The minimum Gasteiger partial charge on any atom is -0.103 e. The SMILES string of the molecule is C=CCC(C)CC(=CCCCC)CCC(C)C=C. The lowest BCUT2D eigenvalue weighted by atomic mass is 9.92. The number of unbranched alkanes of at least 4 members (excludes halogenated alkanes) is 2. The fourth-order valence-electron chi connectivity index (χ4n) is 2.14. The standard InChI is InChI=1S/C18H32/c1-6-9-10-12-18(14-13-16(4)8-3)15-17(5)11-7-2/h7-8,12,16-17H,2-3,6,9-11,13-15H2,1,4-5H3. The van der Waals surface area contributed by atoms with E-state index in [4.69, 9.17) is 0 Å². The summed E-state index contributed by atoms with van der Waals surface area (Å²) < 4.78 is 0. The van der Waals surface area contributed by atoms with Crippen LogP contribution in [0, 0.1) is 11.8 Å². The van der Waals surface area contributed by atoms with Gasteiger partial charge in [-0.2, -0.15) is 0 Å². The van der Waals surface area contributed by atoms with Crippen molar-refractivity contribution in [3.8, 4) is 0 Å².